The predicted molar refractivity (Wildman–Crippen MR) is 312 cm³/mol. The fraction of sp³-hybridized carbons (Fsp3) is 0.0152. The zero-order chi connectivity index (χ0) is 51.0. The molecule has 8 aromatic carbocycles. The second kappa shape index (κ2) is 19.5. The molecule has 0 aliphatic rings. The highest BCUT2D eigenvalue weighted by Crippen LogP contribution is 2.46. The minimum Gasteiger partial charge on any atom is -0.309 e. The van der Waals surface area contributed by atoms with Crippen molar-refractivity contribution in [1.82, 2.24) is 34.5 Å². The number of aromatic nitrogens is 7. The number of allylic oxidation sites excluding steroid dienone is 2. The predicted octanol–water partition coefficient (Wildman–Crippen LogP) is 16.3. The standard InChI is InChI=1S/C66H46N10/c1-3-16-49(40-67-2)75(52-25-15-36-70-43-52)62-39-60-59-38-48(74(50-23-13-34-68-41-50)51-24-14-35-69-42-51)32-33-61(59)76(63(60)56-29-9-8-28-55(56)62)47-22-10-21-46(37-47)64-71-65(57-30-11-19-44-17-4-6-26-53(44)57)73-66(72-64)58-31-12-20-45-18-5-7-27-54(45)58/h3-43H,2H2,1H3/b16-3-,49-40+. The summed E-state index contributed by atoms with van der Waals surface area (Å²) in [5, 5.41) is 8.50. The van der Waals surface area contributed by atoms with Crippen molar-refractivity contribution in [3.05, 3.63) is 255 Å². The van der Waals surface area contributed by atoms with Crippen molar-refractivity contribution in [2.45, 2.75) is 6.92 Å². The molecule has 5 heterocycles. The van der Waals surface area contributed by atoms with Crippen LogP contribution in [-0.2, 0) is 0 Å². The topological polar surface area (TPSA) is 101 Å². The zero-order valence-electron chi connectivity index (χ0n) is 41.4. The minimum absolute atomic E-state index is 0.563. The summed E-state index contributed by atoms with van der Waals surface area (Å²) in [5.74, 6) is 1.76. The molecule has 0 amide bonds. The van der Waals surface area contributed by atoms with Crippen LogP contribution in [0.1, 0.15) is 6.92 Å². The fourth-order valence-electron chi connectivity index (χ4n) is 10.6. The van der Waals surface area contributed by atoms with Crippen LogP contribution >= 0.6 is 0 Å². The third-order valence-corrected chi connectivity index (χ3v) is 13.8. The molecule has 10 nitrogen and oxygen atoms in total. The van der Waals surface area contributed by atoms with Gasteiger partial charge in [-0.2, -0.15) is 0 Å². The van der Waals surface area contributed by atoms with Crippen molar-refractivity contribution in [2.24, 2.45) is 4.99 Å². The number of hydrogen-bond acceptors (Lipinski definition) is 9. The Morgan fingerprint density at radius 3 is 1.66 bits per heavy atom. The number of fused-ring (bicyclic) bond motifs is 7. The Morgan fingerprint density at radius 2 is 1.05 bits per heavy atom. The van der Waals surface area contributed by atoms with E-state index >= 15 is 0 Å². The maximum Gasteiger partial charge on any atom is 0.164 e. The van der Waals surface area contributed by atoms with Crippen molar-refractivity contribution >= 4 is 89.3 Å². The Balaban J connectivity index is 1.09. The first-order chi connectivity index (χ1) is 37.6. The molecule has 0 aliphatic carbocycles. The van der Waals surface area contributed by atoms with Gasteiger partial charge >= 0.3 is 0 Å². The molecule has 76 heavy (non-hydrogen) atoms. The van der Waals surface area contributed by atoms with E-state index in [1.165, 1.54) is 0 Å². The van der Waals surface area contributed by atoms with Gasteiger partial charge in [-0.3, -0.25) is 19.9 Å². The Hall–Kier alpha value is -10.5. The van der Waals surface area contributed by atoms with Gasteiger partial charge in [0.1, 0.15) is 0 Å². The van der Waals surface area contributed by atoms with E-state index < -0.39 is 0 Å². The summed E-state index contributed by atoms with van der Waals surface area (Å²) < 4.78 is 2.38. The van der Waals surface area contributed by atoms with Gasteiger partial charge in [0.25, 0.3) is 0 Å². The lowest BCUT2D eigenvalue weighted by Crippen LogP contribution is -2.16. The van der Waals surface area contributed by atoms with Gasteiger partial charge in [-0.1, -0.05) is 127 Å². The lowest BCUT2D eigenvalue weighted by atomic mass is 10.0. The smallest absolute Gasteiger partial charge is 0.164 e. The van der Waals surface area contributed by atoms with E-state index in [0.717, 1.165) is 111 Å². The van der Waals surface area contributed by atoms with Crippen LogP contribution in [0.3, 0.4) is 0 Å². The molecule has 0 saturated carbocycles. The number of hydrogen-bond donors (Lipinski definition) is 0. The van der Waals surface area contributed by atoms with Gasteiger partial charge in [0.2, 0.25) is 0 Å². The first-order valence-corrected chi connectivity index (χ1v) is 25.1. The molecule has 0 radical (unpaired) electrons. The summed E-state index contributed by atoms with van der Waals surface area (Å²) in [7, 11) is 0. The lowest BCUT2D eigenvalue weighted by molar-refractivity contribution is 1.08. The van der Waals surface area contributed by atoms with Crippen molar-refractivity contribution in [3.8, 4) is 39.9 Å². The Bertz CT molecular complexity index is 4250. The monoisotopic (exact) mass is 978 g/mol. The average Bonchev–Trinajstić information content (AvgIpc) is 3.84. The van der Waals surface area contributed by atoms with E-state index in [9.17, 15) is 0 Å². The molecule has 13 rings (SSSR count). The summed E-state index contributed by atoms with van der Waals surface area (Å²) >= 11 is 0. The van der Waals surface area contributed by atoms with Crippen LogP contribution in [0.2, 0.25) is 0 Å². The van der Waals surface area contributed by atoms with Crippen LogP contribution in [0.25, 0.3) is 94.0 Å². The molecule has 0 N–H and O–H groups in total. The number of anilines is 5. The first kappa shape index (κ1) is 45.4. The van der Waals surface area contributed by atoms with Gasteiger partial charge in [-0.25, -0.2) is 15.0 Å². The van der Waals surface area contributed by atoms with Crippen molar-refractivity contribution in [1.29, 1.82) is 0 Å². The molecule has 5 aromatic heterocycles. The summed E-state index contributed by atoms with van der Waals surface area (Å²) in [4.78, 5) is 38.3. The van der Waals surface area contributed by atoms with Crippen LogP contribution in [0.4, 0.5) is 28.4 Å². The molecular weight excluding hydrogens is 933 g/mol. The van der Waals surface area contributed by atoms with Gasteiger partial charge in [0, 0.05) is 68.2 Å². The van der Waals surface area contributed by atoms with Crippen LogP contribution < -0.4 is 9.80 Å². The number of nitrogens with zero attached hydrogens (tertiary/aromatic N) is 10. The number of pyridine rings is 3. The Labute approximate surface area is 438 Å². The molecule has 360 valence electrons. The van der Waals surface area contributed by atoms with Crippen LogP contribution in [-0.4, -0.2) is 41.2 Å². The molecular formula is C66H46N10. The molecule has 0 aliphatic heterocycles. The Kier molecular flexibility index (Phi) is 11.7. The maximum absolute atomic E-state index is 5.34. The van der Waals surface area contributed by atoms with Gasteiger partial charge in [-0.05, 0) is 114 Å². The van der Waals surface area contributed by atoms with E-state index in [1.807, 2.05) is 55.9 Å². The van der Waals surface area contributed by atoms with E-state index in [1.54, 1.807) is 24.8 Å². The fourth-order valence-corrected chi connectivity index (χ4v) is 10.6. The summed E-state index contributed by atoms with van der Waals surface area (Å²) in [5.41, 5.74) is 11.1. The number of rotatable bonds is 12. The molecule has 10 heteroatoms. The molecule has 13 aromatic rings. The highest BCUT2D eigenvalue weighted by atomic mass is 15.2. The second-order valence-corrected chi connectivity index (χ2v) is 18.3. The third kappa shape index (κ3) is 8.07. The van der Waals surface area contributed by atoms with Gasteiger partial charge in [-0.15, -0.1) is 0 Å². The SMILES string of the molecule is C=N/C=C(\C=C/C)N(c1cccnc1)c1cc2c3cc(N(c4cccnc4)c4cccnc4)ccc3n(-c3cccc(-c4nc(-c5cccc6ccccc56)nc(-c5cccc6ccccc56)n4)c3)c2c2ccccc12. The minimum atomic E-state index is 0.563. The summed E-state index contributed by atoms with van der Waals surface area (Å²) in [6.07, 6.45) is 16.9. The summed E-state index contributed by atoms with van der Waals surface area (Å²) in [6, 6.07) is 67.5. The van der Waals surface area contributed by atoms with E-state index in [4.69, 9.17) is 15.0 Å². The maximum atomic E-state index is 5.34. The van der Waals surface area contributed by atoms with Crippen LogP contribution in [0.5, 0.6) is 0 Å². The molecule has 0 saturated heterocycles. The Morgan fingerprint density at radius 1 is 0.487 bits per heavy atom. The van der Waals surface area contributed by atoms with Gasteiger partial charge in [0.05, 0.1) is 64.3 Å². The second-order valence-electron chi connectivity index (χ2n) is 18.3. The van der Waals surface area contributed by atoms with Crippen molar-refractivity contribution in [2.75, 3.05) is 9.80 Å². The zero-order valence-corrected chi connectivity index (χ0v) is 41.4. The van der Waals surface area contributed by atoms with Crippen LogP contribution in [0, 0.1) is 0 Å². The van der Waals surface area contributed by atoms with E-state index in [0.29, 0.717) is 17.5 Å². The highest BCUT2D eigenvalue weighted by molar-refractivity contribution is 6.23. The van der Waals surface area contributed by atoms with E-state index in [-0.39, 0.29) is 0 Å². The van der Waals surface area contributed by atoms with Gasteiger partial charge in [0.15, 0.2) is 17.5 Å². The van der Waals surface area contributed by atoms with Gasteiger partial charge < -0.3 is 14.4 Å². The molecule has 0 spiro atoms. The normalized spacial score (nSPS) is 11.8. The first-order valence-electron chi connectivity index (χ1n) is 25.1. The van der Waals surface area contributed by atoms with Crippen LogP contribution in [0.15, 0.2) is 260 Å². The van der Waals surface area contributed by atoms with E-state index in [2.05, 4.69) is 217 Å². The highest BCUT2D eigenvalue weighted by Gasteiger charge is 2.25. The average molecular weight is 979 g/mol. The number of benzene rings is 8. The number of aliphatic imine (C=N–C) groups is 1. The van der Waals surface area contributed by atoms with Crippen molar-refractivity contribution in [3.63, 3.8) is 0 Å². The molecule has 0 fully saturated rings. The molecule has 0 atom stereocenters. The molecule has 0 unspecified atom stereocenters. The third-order valence-electron chi connectivity index (χ3n) is 13.8. The lowest BCUT2D eigenvalue weighted by Gasteiger charge is -2.27. The molecule has 0 bridgehead atoms. The van der Waals surface area contributed by atoms with Crippen molar-refractivity contribution < 1.29 is 0 Å². The largest absolute Gasteiger partial charge is 0.309 e. The summed E-state index contributed by atoms with van der Waals surface area (Å²) in [6.45, 7) is 5.89. The quantitative estimate of drug-likeness (QED) is 0.0881.